The highest BCUT2D eigenvalue weighted by molar-refractivity contribution is 5.91. The second-order valence-electron chi connectivity index (χ2n) is 3.45. The third-order valence-corrected chi connectivity index (χ3v) is 2.02. The van der Waals surface area contributed by atoms with Crippen LogP contribution < -0.4 is 10.1 Å². The van der Waals surface area contributed by atoms with Crippen molar-refractivity contribution in [3.63, 3.8) is 0 Å². The van der Waals surface area contributed by atoms with Crippen LogP contribution in [0.4, 0.5) is 20.2 Å². The molecule has 1 N–H and O–H groups in total. The molecule has 18 heavy (non-hydrogen) atoms. The van der Waals surface area contributed by atoms with E-state index in [-0.39, 0.29) is 17.0 Å². The number of hydrogen-bond donors (Lipinski definition) is 1. The van der Waals surface area contributed by atoms with Gasteiger partial charge in [0.25, 0.3) is 5.69 Å². The van der Waals surface area contributed by atoms with E-state index < -0.39 is 23.1 Å². The van der Waals surface area contributed by atoms with Gasteiger partial charge in [0.2, 0.25) is 5.91 Å². The van der Waals surface area contributed by atoms with Crippen LogP contribution in [0, 0.1) is 17.0 Å². The number of aryl methyl sites for hydroxylation is 1. The highest BCUT2D eigenvalue weighted by Crippen LogP contribution is 2.33. The average Bonchev–Trinajstić information content (AvgIpc) is 2.19. The number of nitrogens with one attached hydrogen (secondary N) is 1. The molecule has 0 aromatic heterocycles. The number of alkyl halides is 2. The zero-order chi connectivity index (χ0) is 13.9. The number of nitrogens with zero attached hydrogens (tertiary/aromatic N) is 1. The van der Waals surface area contributed by atoms with E-state index >= 15 is 0 Å². The molecule has 0 aliphatic carbocycles. The van der Waals surface area contributed by atoms with E-state index in [0.29, 0.717) is 0 Å². The number of amides is 1. The molecule has 0 radical (unpaired) electrons. The van der Waals surface area contributed by atoms with Gasteiger partial charge in [0.1, 0.15) is 11.4 Å². The lowest BCUT2D eigenvalue weighted by Crippen LogP contribution is -2.10. The Morgan fingerprint density at radius 2 is 2.11 bits per heavy atom. The summed E-state index contributed by atoms with van der Waals surface area (Å²) in [4.78, 5) is 20.9. The molecule has 1 amide bonds. The Morgan fingerprint density at radius 1 is 1.50 bits per heavy atom. The summed E-state index contributed by atoms with van der Waals surface area (Å²) in [5.74, 6) is -0.800. The summed E-state index contributed by atoms with van der Waals surface area (Å²) >= 11 is 0. The van der Waals surface area contributed by atoms with Crippen LogP contribution in [-0.4, -0.2) is 17.4 Å². The molecule has 0 saturated heterocycles. The average molecular weight is 260 g/mol. The van der Waals surface area contributed by atoms with E-state index in [1.807, 2.05) is 0 Å². The van der Waals surface area contributed by atoms with Gasteiger partial charge in [0.05, 0.1) is 11.0 Å². The van der Waals surface area contributed by atoms with Crippen molar-refractivity contribution in [2.45, 2.75) is 20.5 Å². The Hall–Kier alpha value is -2.25. The molecule has 0 bridgehead atoms. The third-order valence-electron chi connectivity index (χ3n) is 2.02. The quantitative estimate of drug-likeness (QED) is 0.666. The molecule has 0 unspecified atom stereocenters. The monoisotopic (exact) mass is 260 g/mol. The Kier molecular flexibility index (Phi) is 4.13. The Morgan fingerprint density at radius 3 is 2.56 bits per heavy atom. The van der Waals surface area contributed by atoms with Crippen LogP contribution >= 0.6 is 0 Å². The lowest BCUT2D eigenvalue weighted by molar-refractivity contribution is -0.384. The number of nitro groups is 1. The first-order valence-electron chi connectivity index (χ1n) is 4.82. The minimum absolute atomic E-state index is 0.0633. The highest BCUT2D eigenvalue weighted by atomic mass is 19.3. The van der Waals surface area contributed by atoms with Crippen molar-refractivity contribution in [3.05, 3.63) is 27.8 Å². The number of hydrogen-bond acceptors (Lipinski definition) is 4. The van der Waals surface area contributed by atoms with E-state index in [0.717, 1.165) is 6.07 Å². The minimum atomic E-state index is -3.07. The van der Waals surface area contributed by atoms with Crippen LogP contribution in [0.1, 0.15) is 12.5 Å². The smallest absolute Gasteiger partial charge is 0.387 e. The van der Waals surface area contributed by atoms with Gasteiger partial charge < -0.3 is 10.1 Å². The van der Waals surface area contributed by atoms with Crippen LogP contribution in [0.3, 0.4) is 0 Å². The number of halogens is 2. The maximum Gasteiger partial charge on any atom is 0.387 e. The molecule has 1 aromatic rings. The largest absolute Gasteiger partial charge is 0.434 e. The maximum atomic E-state index is 12.1. The van der Waals surface area contributed by atoms with Crippen LogP contribution in [-0.2, 0) is 4.79 Å². The number of nitro benzene ring substituents is 1. The van der Waals surface area contributed by atoms with Gasteiger partial charge in [0.15, 0.2) is 0 Å². The van der Waals surface area contributed by atoms with E-state index in [4.69, 9.17) is 0 Å². The van der Waals surface area contributed by atoms with Gasteiger partial charge >= 0.3 is 6.61 Å². The highest BCUT2D eigenvalue weighted by Gasteiger charge is 2.20. The van der Waals surface area contributed by atoms with Crippen LogP contribution in [0.5, 0.6) is 5.75 Å². The van der Waals surface area contributed by atoms with Crippen molar-refractivity contribution in [3.8, 4) is 5.75 Å². The summed E-state index contributed by atoms with van der Waals surface area (Å²) in [5.41, 5.74) is -0.317. The summed E-state index contributed by atoms with van der Waals surface area (Å²) in [7, 11) is 0. The van der Waals surface area contributed by atoms with Gasteiger partial charge in [-0.15, -0.1) is 0 Å². The van der Waals surface area contributed by atoms with Gasteiger partial charge in [-0.25, -0.2) is 0 Å². The lowest BCUT2D eigenvalue weighted by atomic mass is 10.1. The Balaban J connectivity index is 3.25. The molecule has 98 valence electrons. The number of anilines is 1. The molecule has 0 saturated carbocycles. The van der Waals surface area contributed by atoms with Crippen LogP contribution in [0.15, 0.2) is 12.1 Å². The zero-order valence-corrected chi connectivity index (χ0v) is 9.57. The Bertz CT molecular complexity index is 491. The molecule has 1 rings (SSSR count). The van der Waals surface area contributed by atoms with Crippen molar-refractivity contribution < 1.29 is 23.2 Å². The SMILES string of the molecule is CC(=O)Nc1cc(C)c(OC(F)F)cc1[N+](=O)[O-]. The zero-order valence-electron chi connectivity index (χ0n) is 9.57. The first-order valence-corrected chi connectivity index (χ1v) is 4.82. The van der Waals surface area contributed by atoms with Crippen molar-refractivity contribution in [2.24, 2.45) is 0 Å². The molecule has 0 fully saturated rings. The standard InChI is InChI=1S/C10H10F2N2O4/c1-5-3-7(13-6(2)15)8(14(16)17)4-9(5)18-10(11)12/h3-4,10H,1-2H3,(H,13,15). The molecule has 0 atom stereocenters. The molecule has 1 aromatic carbocycles. The summed E-state index contributed by atoms with van der Waals surface area (Å²) in [5, 5.41) is 13.0. The number of ether oxygens (including phenoxy) is 1. The second-order valence-corrected chi connectivity index (χ2v) is 3.45. The Labute approximate surface area is 101 Å². The predicted molar refractivity (Wildman–Crippen MR) is 58.8 cm³/mol. The minimum Gasteiger partial charge on any atom is -0.434 e. The number of benzene rings is 1. The molecule has 0 aliphatic rings. The molecule has 0 heterocycles. The van der Waals surface area contributed by atoms with Crippen LogP contribution in [0.2, 0.25) is 0 Å². The number of carbonyl (C=O) groups excluding carboxylic acids is 1. The molecular weight excluding hydrogens is 250 g/mol. The molecule has 0 spiro atoms. The summed E-state index contributed by atoms with van der Waals surface area (Å²) in [6.07, 6.45) is 0. The van der Waals surface area contributed by atoms with Crippen molar-refractivity contribution in [1.29, 1.82) is 0 Å². The summed E-state index contributed by atoms with van der Waals surface area (Å²) < 4.78 is 28.3. The third kappa shape index (κ3) is 3.37. The van der Waals surface area contributed by atoms with Crippen LogP contribution in [0.25, 0.3) is 0 Å². The molecular formula is C10H10F2N2O4. The van der Waals surface area contributed by atoms with Gasteiger partial charge in [-0.1, -0.05) is 0 Å². The normalized spacial score (nSPS) is 10.3. The van der Waals surface area contributed by atoms with E-state index in [1.165, 1.54) is 19.9 Å². The fourth-order valence-electron chi connectivity index (χ4n) is 1.34. The van der Waals surface area contributed by atoms with Gasteiger partial charge in [-0.05, 0) is 18.6 Å². The van der Waals surface area contributed by atoms with E-state index in [2.05, 4.69) is 10.1 Å². The lowest BCUT2D eigenvalue weighted by Gasteiger charge is -2.10. The van der Waals surface area contributed by atoms with Gasteiger partial charge in [-0.2, -0.15) is 8.78 Å². The van der Waals surface area contributed by atoms with Crippen molar-refractivity contribution in [2.75, 3.05) is 5.32 Å². The molecule has 0 aliphatic heterocycles. The second kappa shape index (κ2) is 5.39. The van der Waals surface area contributed by atoms with Gasteiger partial charge in [-0.3, -0.25) is 14.9 Å². The number of carbonyl (C=O) groups is 1. The first kappa shape index (κ1) is 13.8. The van der Waals surface area contributed by atoms with Crippen molar-refractivity contribution >= 4 is 17.3 Å². The van der Waals surface area contributed by atoms with E-state index in [9.17, 15) is 23.7 Å². The number of rotatable bonds is 4. The van der Waals surface area contributed by atoms with Gasteiger partial charge in [0, 0.05) is 6.92 Å². The summed E-state index contributed by atoms with van der Waals surface area (Å²) in [6.45, 7) is -0.454. The van der Waals surface area contributed by atoms with E-state index in [1.54, 1.807) is 0 Å². The first-order chi connectivity index (χ1) is 8.31. The predicted octanol–water partition coefficient (Wildman–Crippen LogP) is 2.46. The fraction of sp³-hybridized carbons (Fsp3) is 0.300. The molecule has 6 nitrogen and oxygen atoms in total. The molecule has 8 heteroatoms. The van der Waals surface area contributed by atoms with Crippen molar-refractivity contribution in [1.82, 2.24) is 0 Å². The summed E-state index contributed by atoms with van der Waals surface area (Å²) in [6, 6.07) is 2.06. The fourth-order valence-corrected chi connectivity index (χ4v) is 1.34. The maximum absolute atomic E-state index is 12.1. The topological polar surface area (TPSA) is 81.5 Å².